The van der Waals surface area contributed by atoms with Gasteiger partial charge in [-0.15, -0.1) is 0 Å². The number of hydrogen-bond donors (Lipinski definition) is 0. The predicted molar refractivity (Wildman–Crippen MR) is 248 cm³/mol. The van der Waals surface area contributed by atoms with Crippen LogP contribution in [-0.2, 0) is 0 Å². The molecule has 0 saturated carbocycles. The van der Waals surface area contributed by atoms with Crippen molar-refractivity contribution in [2.45, 2.75) is 0 Å². The molecule has 59 heavy (non-hydrogen) atoms. The van der Waals surface area contributed by atoms with Gasteiger partial charge in [0.2, 0.25) is 0 Å². The fraction of sp³-hybridized carbons (Fsp3) is 0. The number of benzene rings is 9. The summed E-state index contributed by atoms with van der Waals surface area (Å²) in [5.74, 6) is 0. The van der Waals surface area contributed by atoms with Crippen molar-refractivity contribution >= 4 is 87.1 Å². The molecule has 0 saturated heterocycles. The van der Waals surface area contributed by atoms with Gasteiger partial charge < -0.3 is 13.7 Å². The van der Waals surface area contributed by atoms with Crippen molar-refractivity contribution in [2.24, 2.45) is 0 Å². The van der Waals surface area contributed by atoms with E-state index in [-0.39, 0.29) is 0 Å². The molecule has 4 heteroatoms. The van der Waals surface area contributed by atoms with Crippen LogP contribution in [0.3, 0.4) is 0 Å². The highest BCUT2D eigenvalue weighted by molar-refractivity contribution is 6.26. The maximum atomic E-state index is 5.39. The zero-order chi connectivity index (χ0) is 38.6. The van der Waals surface area contributed by atoms with Crippen molar-refractivity contribution in [1.82, 2.24) is 18.7 Å². The molecule has 0 amide bonds. The normalized spacial score (nSPS) is 12.1. The van der Waals surface area contributed by atoms with Crippen molar-refractivity contribution in [3.05, 3.63) is 206 Å². The first kappa shape index (κ1) is 32.2. The minimum Gasteiger partial charge on any atom is -0.309 e. The molecule has 0 aliphatic heterocycles. The molecule has 0 bridgehead atoms. The Bertz CT molecular complexity index is 3810. The summed E-state index contributed by atoms with van der Waals surface area (Å²) in [5.41, 5.74) is 13.6. The number of nitrogens with zero attached hydrogens (tertiary/aromatic N) is 4. The lowest BCUT2D eigenvalue weighted by molar-refractivity contribution is 1.13. The topological polar surface area (TPSA) is 27.7 Å². The molecule has 0 aliphatic rings. The summed E-state index contributed by atoms with van der Waals surface area (Å²) in [6.07, 6.45) is 0. The van der Waals surface area contributed by atoms with Crippen molar-refractivity contribution < 1.29 is 0 Å². The SMILES string of the molecule is c1ccc(-c2nc3ccccc3c3ccc4c5ccccc5n(-c5ccc(-n6c7ccccc7c7ccc8c9ccccc9n(-c9ccccc9)c8c76)cc5)c4c23)cc1. The van der Waals surface area contributed by atoms with Gasteiger partial charge in [-0.05, 0) is 66.0 Å². The molecule has 0 N–H and O–H groups in total. The largest absolute Gasteiger partial charge is 0.309 e. The summed E-state index contributed by atoms with van der Waals surface area (Å²) in [6, 6.07) is 74.8. The van der Waals surface area contributed by atoms with Gasteiger partial charge in [0.05, 0.1) is 44.3 Å². The van der Waals surface area contributed by atoms with E-state index >= 15 is 0 Å². The number of aromatic nitrogens is 4. The van der Waals surface area contributed by atoms with Crippen LogP contribution in [0.5, 0.6) is 0 Å². The van der Waals surface area contributed by atoms with Gasteiger partial charge >= 0.3 is 0 Å². The Morgan fingerprint density at radius 2 is 0.661 bits per heavy atom. The smallest absolute Gasteiger partial charge is 0.0809 e. The third-order valence-electron chi connectivity index (χ3n) is 12.4. The first-order valence-corrected chi connectivity index (χ1v) is 20.2. The highest BCUT2D eigenvalue weighted by Crippen LogP contribution is 2.44. The molecule has 9 aromatic carbocycles. The molecule has 0 fully saturated rings. The van der Waals surface area contributed by atoms with Crippen LogP contribution in [0.2, 0.25) is 0 Å². The number of pyridine rings is 1. The molecule has 13 rings (SSSR count). The Kier molecular flexibility index (Phi) is 6.69. The molecule has 274 valence electrons. The summed E-state index contributed by atoms with van der Waals surface area (Å²) < 4.78 is 7.37. The van der Waals surface area contributed by atoms with Crippen LogP contribution in [0, 0.1) is 0 Å². The highest BCUT2D eigenvalue weighted by Gasteiger charge is 2.23. The van der Waals surface area contributed by atoms with Crippen LogP contribution < -0.4 is 0 Å². The molecular formula is C55H34N4. The van der Waals surface area contributed by atoms with E-state index in [9.17, 15) is 0 Å². The monoisotopic (exact) mass is 750 g/mol. The first-order chi connectivity index (χ1) is 29.3. The van der Waals surface area contributed by atoms with E-state index in [4.69, 9.17) is 4.98 Å². The van der Waals surface area contributed by atoms with E-state index in [0.717, 1.165) is 44.6 Å². The third-order valence-corrected chi connectivity index (χ3v) is 12.4. The molecule has 0 spiro atoms. The van der Waals surface area contributed by atoms with Gasteiger partial charge in [0.15, 0.2) is 0 Å². The van der Waals surface area contributed by atoms with Crippen LogP contribution in [0.1, 0.15) is 0 Å². The molecule has 4 aromatic heterocycles. The highest BCUT2D eigenvalue weighted by atomic mass is 15.0. The van der Waals surface area contributed by atoms with Crippen molar-refractivity contribution in [3.63, 3.8) is 0 Å². The zero-order valence-electron chi connectivity index (χ0n) is 31.9. The molecule has 4 nitrogen and oxygen atoms in total. The van der Waals surface area contributed by atoms with Crippen molar-refractivity contribution in [1.29, 1.82) is 0 Å². The van der Waals surface area contributed by atoms with Gasteiger partial charge in [-0.3, -0.25) is 0 Å². The lowest BCUT2D eigenvalue weighted by Gasteiger charge is -2.16. The standard InChI is InChI=1S/C55H34N4/c1-3-15-35(16-4-1)52-51-43(39-19-7-11-23-47(39)56-52)31-32-44-40-20-8-12-24-48(40)57(53(44)51)37-27-29-38(30-28-37)59-50-26-14-10-22-42(50)46-34-33-45-41-21-9-13-25-49(41)58(54(45)55(46)59)36-17-5-2-6-18-36/h1-34H. The fourth-order valence-corrected chi connectivity index (χ4v) is 9.94. The Morgan fingerprint density at radius 3 is 1.20 bits per heavy atom. The van der Waals surface area contributed by atoms with E-state index in [1.165, 1.54) is 70.8 Å². The van der Waals surface area contributed by atoms with Crippen LogP contribution in [0.15, 0.2) is 206 Å². The summed E-state index contributed by atoms with van der Waals surface area (Å²) in [6.45, 7) is 0. The van der Waals surface area contributed by atoms with Crippen molar-refractivity contribution in [3.8, 4) is 28.3 Å². The quantitative estimate of drug-likeness (QED) is 0.165. The van der Waals surface area contributed by atoms with Crippen LogP contribution >= 0.6 is 0 Å². The van der Waals surface area contributed by atoms with E-state index < -0.39 is 0 Å². The average molecular weight is 751 g/mol. The fourth-order valence-electron chi connectivity index (χ4n) is 9.94. The molecule has 0 radical (unpaired) electrons. The van der Waals surface area contributed by atoms with E-state index in [1.54, 1.807) is 0 Å². The lowest BCUT2D eigenvalue weighted by Crippen LogP contribution is -2.00. The second-order valence-corrected chi connectivity index (χ2v) is 15.5. The minimum absolute atomic E-state index is 0.994. The summed E-state index contributed by atoms with van der Waals surface area (Å²) in [5, 5.41) is 10.9. The predicted octanol–water partition coefficient (Wildman–Crippen LogP) is 14.3. The third kappa shape index (κ3) is 4.51. The van der Waals surface area contributed by atoms with Crippen LogP contribution in [0.25, 0.3) is 115 Å². The Hall–Kier alpha value is -7.95. The molecule has 0 unspecified atom stereocenters. The summed E-state index contributed by atoms with van der Waals surface area (Å²) >= 11 is 0. The Morgan fingerprint density at radius 1 is 0.271 bits per heavy atom. The van der Waals surface area contributed by atoms with Gasteiger partial charge in [-0.25, -0.2) is 4.98 Å². The minimum atomic E-state index is 0.994. The van der Waals surface area contributed by atoms with E-state index in [2.05, 4.69) is 220 Å². The number of para-hydroxylation sites is 5. The maximum absolute atomic E-state index is 5.39. The summed E-state index contributed by atoms with van der Waals surface area (Å²) in [7, 11) is 0. The zero-order valence-corrected chi connectivity index (χ0v) is 31.9. The van der Waals surface area contributed by atoms with Gasteiger partial charge in [0.25, 0.3) is 0 Å². The van der Waals surface area contributed by atoms with E-state index in [1.807, 2.05) is 0 Å². The average Bonchev–Trinajstić information content (AvgIpc) is 3.95. The molecule has 0 atom stereocenters. The Balaban J connectivity index is 1.11. The van der Waals surface area contributed by atoms with Gasteiger partial charge in [0, 0.05) is 65.7 Å². The van der Waals surface area contributed by atoms with Gasteiger partial charge in [-0.2, -0.15) is 0 Å². The van der Waals surface area contributed by atoms with Gasteiger partial charge in [-0.1, -0.05) is 146 Å². The molecular weight excluding hydrogens is 717 g/mol. The van der Waals surface area contributed by atoms with Crippen LogP contribution in [-0.4, -0.2) is 18.7 Å². The lowest BCUT2D eigenvalue weighted by atomic mass is 9.97. The number of fused-ring (bicyclic) bond motifs is 14. The first-order valence-electron chi connectivity index (χ1n) is 20.2. The van der Waals surface area contributed by atoms with Gasteiger partial charge in [0.1, 0.15) is 0 Å². The van der Waals surface area contributed by atoms with E-state index in [0.29, 0.717) is 0 Å². The summed E-state index contributed by atoms with van der Waals surface area (Å²) in [4.78, 5) is 5.39. The Labute approximate surface area is 339 Å². The molecule has 4 heterocycles. The van der Waals surface area contributed by atoms with Crippen LogP contribution in [0.4, 0.5) is 0 Å². The molecule has 13 aromatic rings. The van der Waals surface area contributed by atoms with Crippen molar-refractivity contribution in [2.75, 3.05) is 0 Å². The second-order valence-electron chi connectivity index (χ2n) is 15.5. The molecule has 0 aliphatic carbocycles. The maximum Gasteiger partial charge on any atom is 0.0809 e. The number of rotatable bonds is 4. The number of hydrogen-bond acceptors (Lipinski definition) is 1. The second kappa shape index (κ2) is 12.3.